The first-order valence-corrected chi connectivity index (χ1v) is 28.1. The normalized spacial score (nSPS) is 13.2. The number of carbonyl (C=O) groups is 9. The fourth-order valence-corrected chi connectivity index (χ4v) is 8.16. The van der Waals surface area contributed by atoms with Gasteiger partial charge in [0.15, 0.2) is 0 Å². The van der Waals surface area contributed by atoms with Gasteiger partial charge in [-0.05, 0) is 51.4 Å². The van der Waals surface area contributed by atoms with Crippen LogP contribution in [0, 0.1) is 5.92 Å². The first-order chi connectivity index (χ1) is 36.2. The van der Waals surface area contributed by atoms with Crippen molar-refractivity contribution in [3.63, 3.8) is 0 Å². The number of hydrogen-bond acceptors (Lipinski definition) is 15. The maximum Gasteiger partial charge on any atom is 0.246 e. The molecule has 75 heavy (non-hydrogen) atoms. The number of thiol groups is 1. The molecule has 0 radical (unpaired) electrons. The van der Waals surface area contributed by atoms with Crippen LogP contribution in [-0.2, 0) is 62.1 Å². The number of aldehydes is 1. The monoisotopic (exact) mass is 1090 g/mol. The van der Waals surface area contributed by atoms with Crippen molar-refractivity contribution in [2.75, 3.05) is 85.6 Å². The van der Waals surface area contributed by atoms with Crippen LogP contribution in [0.5, 0.6) is 0 Å². The van der Waals surface area contributed by atoms with Gasteiger partial charge < -0.3 is 67.1 Å². The number of hydrogen-bond donors (Lipinski definition) is 9. The Hall–Kier alpha value is -4.42. The Morgan fingerprint density at radius 1 is 0.533 bits per heavy atom. The lowest BCUT2D eigenvalue weighted by molar-refractivity contribution is -0.136. The minimum Gasteiger partial charge on any atom is -0.377 e. The van der Waals surface area contributed by atoms with Gasteiger partial charge in [-0.2, -0.15) is 0 Å². The molecule has 11 N–H and O–H groups in total. The van der Waals surface area contributed by atoms with Crippen molar-refractivity contribution in [3.05, 3.63) is 0 Å². The molecule has 2 atom stereocenters. The zero-order valence-electron chi connectivity index (χ0n) is 45.3. The predicted molar refractivity (Wildman–Crippen MR) is 290 cm³/mol. The van der Waals surface area contributed by atoms with E-state index < -0.39 is 23.9 Å². The summed E-state index contributed by atoms with van der Waals surface area (Å²) in [5, 5.41) is 10.8. The van der Waals surface area contributed by atoms with Gasteiger partial charge >= 0.3 is 0 Å². The van der Waals surface area contributed by atoms with Gasteiger partial charge in [0.1, 0.15) is 25.5 Å². The number of ether oxygens (including phenoxy) is 4. The Balaban J connectivity index is 0.0000132. The second-order valence-electron chi connectivity index (χ2n) is 18.8. The van der Waals surface area contributed by atoms with Crippen LogP contribution in [0.4, 0.5) is 0 Å². The molecule has 23 heteroatoms. The predicted octanol–water partition coefficient (Wildman–Crippen LogP) is 2.95. The van der Waals surface area contributed by atoms with Crippen LogP contribution in [0.3, 0.4) is 0 Å². The van der Waals surface area contributed by atoms with E-state index in [4.69, 9.17) is 36.1 Å². The molecule has 1 fully saturated rings. The van der Waals surface area contributed by atoms with Gasteiger partial charge in [0, 0.05) is 64.3 Å². The van der Waals surface area contributed by atoms with E-state index >= 15 is 0 Å². The number of nitrogens with zero attached hydrogens (tertiary/aromatic N) is 1. The Morgan fingerprint density at radius 2 is 0.960 bits per heavy atom. The fraction of sp³-hybridized carbons (Fsp3) is 0.827. The lowest BCUT2D eigenvalue weighted by Gasteiger charge is -2.32. The molecule has 0 bridgehead atoms. The van der Waals surface area contributed by atoms with Crippen molar-refractivity contribution in [1.29, 1.82) is 0 Å². The molecule has 0 spiro atoms. The van der Waals surface area contributed by atoms with Crippen molar-refractivity contribution >= 4 is 66.4 Å². The summed E-state index contributed by atoms with van der Waals surface area (Å²) in [4.78, 5) is 107. The van der Waals surface area contributed by atoms with Gasteiger partial charge in [0.05, 0.1) is 45.7 Å². The molecule has 22 nitrogen and oxygen atoms in total. The second-order valence-corrected chi connectivity index (χ2v) is 19.1. The summed E-state index contributed by atoms with van der Waals surface area (Å²) < 4.78 is 23.9. The molecule has 0 aromatic carbocycles. The molecule has 0 saturated carbocycles. The number of likely N-dealkylation sites (tertiary alicyclic amines) is 1. The number of amides is 8. The Bertz CT molecular complexity index is 1560. The number of carbonyl (C=O) groups excluding carboxylic acids is 9. The van der Waals surface area contributed by atoms with Gasteiger partial charge in [-0.15, -0.1) is 0 Å². The van der Waals surface area contributed by atoms with Gasteiger partial charge in [-0.25, -0.2) is 0 Å². The first-order valence-electron chi connectivity index (χ1n) is 27.6. The van der Waals surface area contributed by atoms with E-state index in [-0.39, 0.29) is 120 Å². The van der Waals surface area contributed by atoms with E-state index in [9.17, 15) is 43.2 Å². The van der Waals surface area contributed by atoms with Crippen molar-refractivity contribution in [2.24, 2.45) is 23.1 Å². The molecule has 0 aromatic heterocycles. The summed E-state index contributed by atoms with van der Waals surface area (Å²) in [6.07, 6.45) is 24.5. The van der Waals surface area contributed by atoms with Crippen LogP contribution in [0.2, 0.25) is 0 Å². The average Bonchev–Trinajstić information content (AvgIpc) is 3.39. The molecular weight excluding hydrogens is 991 g/mol. The average molecular weight is 1090 g/mol. The number of nitrogens with one attached hydrogen (secondary N) is 5. The third-order valence-corrected chi connectivity index (χ3v) is 12.7. The minimum absolute atomic E-state index is 0.0262. The third-order valence-electron chi connectivity index (χ3n) is 12.4. The third kappa shape index (κ3) is 44.4. The van der Waals surface area contributed by atoms with Crippen LogP contribution in [0.15, 0.2) is 0 Å². The maximum atomic E-state index is 13.0. The number of piperidine rings is 1. The van der Waals surface area contributed by atoms with E-state index in [1.807, 2.05) is 11.8 Å². The lowest BCUT2D eigenvalue weighted by Crippen LogP contribution is -2.49. The van der Waals surface area contributed by atoms with Crippen LogP contribution in [0.1, 0.15) is 174 Å². The molecule has 1 aliphatic rings. The van der Waals surface area contributed by atoms with Gasteiger partial charge in [-0.1, -0.05) is 110 Å². The van der Waals surface area contributed by atoms with Crippen LogP contribution in [-0.4, -0.2) is 156 Å². The molecule has 1 heterocycles. The topological polar surface area (TPSA) is 332 Å². The van der Waals surface area contributed by atoms with Gasteiger partial charge in [-0.3, -0.25) is 43.1 Å². The van der Waals surface area contributed by atoms with E-state index in [1.165, 1.54) is 70.6 Å². The summed E-state index contributed by atoms with van der Waals surface area (Å²) in [5.41, 5.74) is 16.0. The molecule has 1 aliphatic heterocycles. The highest BCUT2D eigenvalue weighted by atomic mass is 32.1. The largest absolute Gasteiger partial charge is 0.377 e. The zero-order valence-corrected chi connectivity index (χ0v) is 46.2. The Labute approximate surface area is 452 Å². The maximum absolute atomic E-state index is 13.0. The lowest BCUT2D eigenvalue weighted by atomic mass is 9.94. The molecule has 0 aromatic rings. The van der Waals surface area contributed by atoms with Gasteiger partial charge in [0.2, 0.25) is 47.3 Å². The standard InChI is InChI=1S/C49H91N9O12S.C3H6O/c50-42(59)20-15-13-11-9-7-5-3-1-2-4-6-8-10-12-14-16-21-46(63)58-29-24-39(25-30-58)49(66)56-40(47(51)64)22-23-43(60)54-27-31-67-33-36-70-38-45(62)55-28-32-68-34-35-69-37-44(61)53-26-18-17-19-41(57-71)48(52)65;1-2-3-4/h39-41,57,71H,1-38H2,(H2,50,59)(H2,51,64)(H2,52,65)(H,53,61)(H,54,60)(H,55,62)(H,56,66);3H,2H2,1H3/t40?,41-;/m0./s1. The van der Waals surface area contributed by atoms with Crippen molar-refractivity contribution in [3.8, 4) is 0 Å². The van der Waals surface area contributed by atoms with Crippen molar-refractivity contribution < 1.29 is 62.1 Å². The molecule has 1 rings (SSSR count). The summed E-state index contributed by atoms with van der Waals surface area (Å²) in [7, 11) is 0. The quantitative estimate of drug-likeness (QED) is 0.0240. The summed E-state index contributed by atoms with van der Waals surface area (Å²) >= 11 is 3.87. The van der Waals surface area contributed by atoms with Crippen molar-refractivity contribution in [1.82, 2.24) is 30.9 Å². The SMILES string of the molecule is CCC=O.NC(=O)CCCCCCCCCCCCCCCCCCC(=O)N1CCC(C(=O)NC(CCC(=O)NCCOCCOCC(=O)NCCOCCOCC(=O)NCCCC[C@H](NS)C(N)=O)C(N)=O)CC1. The number of rotatable bonds is 49. The number of nitrogens with two attached hydrogens (primary N) is 3. The van der Waals surface area contributed by atoms with Crippen LogP contribution in [0.25, 0.3) is 0 Å². The molecular formula is C52H97N9O13S. The van der Waals surface area contributed by atoms with Crippen molar-refractivity contribution in [2.45, 2.75) is 186 Å². The van der Waals surface area contributed by atoms with E-state index in [0.29, 0.717) is 71.0 Å². The molecule has 1 saturated heterocycles. The minimum atomic E-state index is -0.994. The zero-order chi connectivity index (χ0) is 55.6. The molecule has 1 unspecified atom stereocenters. The van der Waals surface area contributed by atoms with Crippen LogP contribution < -0.4 is 43.2 Å². The van der Waals surface area contributed by atoms with E-state index in [2.05, 4.69) is 38.8 Å². The highest BCUT2D eigenvalue weighted by molar-refractivity contribution is 7.78. The highest BCUT2D eigenvalue weighted by Crippen LogP contribution is 2.20. The van der Waals surface area contributed by atoms with Gasteiger partial charge in [0.25, 0.3) is 0 Å². The molecule has 0 aliphatic carbocycles. The summed E-state index contributed by atoms with van der Waals surface area (Å²) in [6, 6.07) is -1.50. The molecule has 434 valence electrons. The Kier molecular flexibility index (Phi) is 47.4. The van der Waals surface area contributed by atoms with E-state index in [0.717, 1.165) is 38.4 Å². The number of unbranched alkanes of at least 4 members (excludes halogenated alkanes) is 16. The smallest absolute Gasteiger partial charge is 0.246 e. The number of primary amides is 3. The summed E-state index contributed by atoms with van der Waals surface area (Å²) in [6.45, 7) is 4.72. The highest BCUT2D eigenvalue weighted by Gasteiger charge is 2.29. The Morgan fingerprint density at radius 3 is 1.40 bits per heavy atom. The fourth-order valence-electron chi connectivity index (χ4n) is 7.91. The summed E-state index contributed by atoms with van der Waals surface area (Å²) in [5.74, 6) is -2.82. The molecule has 8 amide bonds. The van der Waals surface area contributed by atoms with Crippen LogP contribution >= 0.6 is 12.8 Å². The van der Waals surface area contributed by atoms with E-state index in [1.54, 1.807) is 0 Å². The second kappa shape index (κ2) is 50.4. The first kappa shape index (κ1) is 70.6.